The molecule has 0 saturated heterocycles. The van der Waals surface area contributed by atoms with Crippen LogP contribution in [0.15, 0.2) is 51.7 Å². The number of carbonyl (C=O) groups excluding carboxylic acids is 1. The van der Waals surface area contributed by atoms with Crippen LogP contribution in [0.25, 0.3) is 11.1 Å². The van der Waals surface area contributed by atoms with Gasteiger partial charge in [0, 0.05) is 12.1 Å². The first kappa shape index (κ1) is 14.7. The quantitative estimate of drug-likeness (QED) is 0.694. The van der Waals surface area contributed by atoms with Gasteiger partial charge in [0.25, 0.3) is 0 Å². The highest BCUT2D eigenvalue weighted by molar-refractivity contribution is 6.10. The zero-order valence-corrected chi connectivity index (χ0v) is 12.0. The number of aromatic nitrogens is 1. The number of hydrogen-bond acceptors (Lipinski definition) is 4. The van der Waals surface area contributed by atoms with E-state index in [0.717, 1.165) is 0 Å². The van der Waals surface area contributed by atoms with Crippen LogP contribution in [0.4, 0.5) is 4.39 Å². The predicted molar refractivity (Wildman–Crippen MR) is 80.5 cm³/mol. The fraction of sp³-hybridized carbons (Fsp3) is 0.118. The standard InChI is InChI=1S/C17H11FN2O3/c18-13-5-2-1-4-12(13)16(21)11-6-7-14-15(10-11)23-17(22)20(14)9-3-8-19/h1-2,4-7,10H,3,9H2. The van der Waals surface area contributed by atoms with E-state index in [1.807, 2.05) is 6.07 Å². The van der Waals surface area contributed by atoms with Crippen LogP contribution in [0, 0.1) is 17.1 Å². The Morgan fingerprint density at radius 2 is 2.04 bits per heavy atom. The number of benzene rings is 2. The van der Waals surface area contributed by atoms with Crippen molar-refractivity contribution in [3.8, 4) is 6.07 Å². The second kappa shape index (κ2) is 5.89. The van der Waals surface area contributed by atoms with E-state index in [1.54, 1.807) is 12.1 Å². The van der Waals surface area contributed by atoms with Crippen LogP contribution in [0.2, 0.25) is 0 Å². The van der Waals surface area contributed by atoms with Gasteiger partial charge in [-0.1, -0.05) is 12.1 Å². The average molecular weight is 310 g/mol. The van der Waals surface area contributed by atoms with Crippen molar-refractivity contribution < 1.29 is 13.6 Å². The molecule has 0 unspecified atom stereocenters. The van der Waals surface area contributed by atoms with Crippen molar-refractivity contribution >= 4 is 16.9 Å². The molecule has 0 saturated carbocycles. The Balaban J connectivity index is 2.05. The molecule has 5 nitrogen and oxygen atoms in total. The molecular formula is C17H11FN2O3. The summed E-state index contributed by atoms with van der Waals surface area (Å²) in [6.45, 7) is 0.211. The second-order valence-electron chi connectivity index (χ2n) is 4.92. The van der Waals surface area contributed by atoms with Gasteiger partial charge >= 0.3 is 5.76 Å². The van der Waals surface area contributed by atoms with Gasteiger partial charge < -0.3 is 4.42 Å². The van der Waals surface area contributed by atoms with Gasteiger partial charge in [-0.05, 0) is 30.3 Å². The van der Waals surface area contributed by atoms with Gasteiger partial charge in [-0.15, -0.1) is 0 Å². The first-order chi connectivity index (χ1) is 11.1. The van der Waals surface area contributed by atoms with E-state index in [1.165, 1.54) is 34.9 Å². The lowest BCUT2D eigenvalue weighted by Gasteiger charge is -2.03. The van der Waals surface area contributed by atoms with E-state index in [4.69, 9.17) is 9.68 Å². The molecule has 0 fully saturated rings. The first-order valence-electron chi connectivity index (χ1n) is 6.91. The lowest BCUT2D eigenvalue weighted by molar-refractivity contribution is 0.103. The summed E-state index contributed by atoms with van der Waals surface area (Å²) in [5, 5.41) is 8.62. The minimum absolute atomic E-state index is 0.0434. The summed E-state index contributed by atoms with van der Waals surface area (Å²) in [5.41, 5.74) is 0.910. The Bertz CT molecular complexity index is 995. The summed E-state index contributed by atoms with van der Waals surface area (Å²) in [6, 6.07) is 12.1. The first-order valence-corrected chi connectivity index (χ1v) is 6.91. The van der Waals surface area contributed by atoms with E-state index >= 15 is 0 Å². The molecule has 6 heteroatoms. The molecule has 0 atom stereocenters. The topological polar surface area (TPSA) is 76.0 Å². The van der Waals surface area contributed by atoms with Crippen LogP contribution in [-0.4, -0.2) is 10.4 Å². The molecule has 3 aromatic rings. The lowest BCUT2D eigenvalue weighted by atomic mass is 10.0. The van der Waals surface area contributed by atoms with Gasteiger partial charge in [0.15, 0.2) is 11.4 Å². The van der Waals surface area contributed by atoms with Crippen LogP contribution in [0.1, 0.15) is 22.3 Å². The summed E-state index contributed by atoms with van der Waals surface area (Å²) in [5.74, 6) is -1.69. The van der Waals surface area contributed by atoms with Crippen molar-refractivity contribution in [2.24, 2.45) is 0 Å². The number of oxazole rings is 1. The van der Waals surface area contributed by atoms with E-state index in [2.05, 4.69) is 0 Å². The molecule has 0 aliphatic rings. The van der Waals surface area contributed by atoms with Crippen molar-refractivity contribution in [2.45, 2.75) is 13.0 Å². The Morgan fingerprint density at radius 1 is 1.26 bits per heavy atom. The van der Waals surface area contributed by atoms with Crippen LogP contribution >= 0.6 is 0 Å². The SMILES string of the molecule is N#CCCn1c(=O)oc2cc(C(=O)c3ccccc3F)ccc21. The molecule has 1 aromatic heterocycles. The largest absolute Gasteiger partial charge is 0.419 e. The van der Waals surface area contributed by atoms with Gasteiger partial charge in [-0.3, -0.25) is 9.36 Å². The Hall–Kier alpha value is -3.20. The van der Waals surface area contributed by atoms with Crippen molar-refractivity contribution in [3.63, 3.8) is 0 Å². The van der Waals surface area contributed by atoms with Gasteiger partial charge in [0.2, 0.25) is 0 Å². The summed E-state index contributed by atoms with van der Waals surface area (Å²) in [6.07, 6.45) is 0.171. The van der Waals surface area contributed by atoms with Gasteiger partial charge in [-0.2, -0.15) is 5.26 Å². The van der Waals surface area contributed by atoms with Crippen LogP contribution in [0.5, 0.6) is 0 Å². The third kappa shape index (κ3) is 2.64. The maximum absolute atomic E-state index is 13.7. The maximum Gasteiger partial charge on any atom is 0.419 e. The molecule has 2 aromatic carbocycles. The summed E-state index contributed by atoms with van der Waals surface area (Å²) in [4.78, 5) is 24.2. The summed E-state index contributed by atoms with van der Waals surface area (Å²) >= 11 is 0. The summed E-state index contributed by atoms with van der Waals surface area (Å²) < 4.78 is 20.2. The highest BCUT2D eigenvalue weighted by atomic mass is 19.1. The average Bonchev–Trinajstić information content (AvgIpc) is 2.87. The van der Waals surface area contributed by atoms with Crippen molar-refractivity contribution in [1.29, 1.82) is 5.26 Å². The molecule has 0 bridgehead atoms. The minimum atomic E-state index is -0.606. The van der Waals surface area contributed by atoms with Crippen LogP contribution in [0.3, 0.4) is 0 Å². The third-order valence-electron chi connectivity index (χ3n) is 3.50. The number of carbonyl (C=O) groups is 1. The predicted octanol–water partition coefficient (Wildman–Crippen LogP) is 2.88. The molecule has 3 rings (SSSR count). The molecule has 0 aliphatic carbocycles. The van der Waals surface area contributed by atoms with E-state index in [0.29, 0.717) is 5.52 Å². The second-order valence-corrected chi connectivity index (χ2v) is 4.92. The number of halogens is 1. The number of rotatable bonds is 4. The molecular weight excluding hydrogens is 299 g/mol. The fourth-order valence-electron chi connectivity index (χ4n) is 2.38. The van der Waals surface area contributed by atoms with E-state index < -0.39 is 17.4 Å². The highest BCUT2D eigenvalue weighted by Crippen LogP contribution is 2.19. The van der Waals surface area contributed by atoms with Crippen LogP contribution in [-0.2, 0) is 6.54 Å². The highest BCUT2D eigenvalue weighted by Gasteiger charge is 2.16. The van der Waals surface area contributed by atoms with Gasteiger partial charge in [0.05, 0.1) is 23.6 Å². The molecule has 114 valence electrons. The van der Waals surface area contributed by atoms with Crippen molar-refractivity contribution in [3.05, 3.63) is 70.0 Å². The summed E-state index contributed by atoms with van der Waals surface area (Å²) in [7, 11) is 0. The fourth-order valence-corrected chi connectivity index (χ4v) is 2.38. The molecule has 0 spiro atoms. The van der Waals surface area contributed by atoms with Gasteiger partial charge in [-0.25, -0.2) is 9.18 Å². The number of aryl methyl sites for hydroxylation is 1. The maximum atomic E-state index is 13.7. The zero-order chi connectivity index (χ0) is 16.4. The molecule has 0 aliphatic heterocycles. The third-order valence-corrected chi connectivity index (χ3v) is 3.50. The number of fused-ring (bicyclic) bond motifs is 1. The minimum Gasteiger partial charge on any atom is -0.408 e. The van der Waals surface area contributed by atoms with Crippen LogP contribution < -0.4 is 5.76 Å². The number of nitrogens with zero attached hydrogens (tertiary/aromatic N) is 2. The zero-order valence-electron chi connectivity index (χ0n) is 12.0. The smallest absolute Gasteiger partial charge is 0.408 e. The molecule has 0 amide bonds. The molecule has 0 N–H and O–H groups in total. The lowest BCUT2D eigenvalue weighted by Crippen LogP contribution is -2.13. The van der Waals surface area contributed by atoms with Crippen molar-refractivity contribution in [2.75, 3.05) is 0 Å². The van der Waals surface area contributed by atoms with Gasteiger partial charge in [0.1, 0.15) is 5.82 Å². The monoisotopic (exact) mass is 310 g/mol. The number of hydrogen-bond donors (Lipinski definition) is 0. The van der Waals surface area contributed by atoms with E-state index in [9.17, 15) is 14.0 Å². The number of ketones is 1. The number of nitriles is 1. The molecule has 0 radical (unpaired) electrons. The van der Waals surface area contributed by atoms with Crippen molar-refractivity contribution in [1.82, 2.24) is 4.57 Å². The Morgan fingerprint density at radius 3 is 2.78 bits per heavy atom. The van der Waals surface area contributed by atoms with E-state index in [-0.39, 0.29) is 29.7 Å². The molecule has 1 heterocycles. The Kier molecular flexibility index (Phi) is 3.77. The molecule has 23 heavy (non-hydrogen) atoms. The Labute approximate surface area is 130 Å². The normalized spacial score (nSPS) is 10.6.